The molecule has 1 N–H and O–H groups in total. The molecular weight excluding hydrogens is 463 g/mol. The van der Waals surface area contributed by atoms with Gasteiger partial charge >= 0.3 is 6.36 Å². The number of amides is 2. The normalized spacial score (nSPS) is 15.3. The van der Waals surface area contributed by atoms with Crippen molar-refractivity contribution in [2.24, 2.45) is 0 Å². The Morgan fingerprint density at radius 2 is 1.63 bits per heavy atom. The molecule has 1 saturated heterocycles. The Balaban J connectivity index is 1.81. The van der Waals surface area contributed by atoms with Gasteiger partial charge < -0.3 is 19.5 Å². The van der Waals surface area contributed by atoms with E-state index in [0.29, 0.717) is 18.7 Å². The zero-order valence-corrected chi connectivity index (χ0v) is 19.9. The molecule has 1 fully saturated rings. The molecule has 1 atom stereocenters. The third-order valence-electron chi connectivity index (χ3n) is 6.12. The van der Waals surface area contributed by atoms with Crippen molar-refractivity contribution in [3.63, 3.8) is 0 Å². The van der Waals surface area contributed by atoms with Gasteiger partial charge in [-0.05, 0) is 43.9 Å². The minimum Gasteiger partial charge on any atom is -0.406 e. The van der Waals surface area contributed by atoms with Gasteiger partial charge in [0.1, 0.15) is 16.9 Å². The van der Waals surface area contributed by atoms with Crippen molar-refractivity contribution in [3.8, 4) is 5.75 Å². The topological polar surface area (TPSA) is 80.6 Å². The zero-order valence-electron chi connectivity index (χ0n) is 19.9. The molecule has 1 aliphatic rings. The predicted molar refractivity (Wildman–Crippen MR) is 124 cm³/mol. The molecule has 1 aromatic heterocycles. The van der Waals surface area contributed by atoms with Gasteiger partial charge in [0.2, 0.25) is 5.43 Å². The van der Waals surface area contributed by atoms with Crippen LogP contribution in [0.25, 0.3) is 0 Å². The number of carbonyl (C=O) groups excluding carboxylic acids is 2. The standard InChI is InChI=1S/C25H30F3N3O4/c1-3-17(2)31-15-20(22(32)21(16-31)24(34)30-12-6-4-5-7-13-30)23(33)29-14-18-8-10-19(11-9-18)35-25(26,27)28/h8-11,15-17H,3-7,12-14H2,1-2H3,(H,29,33). The summed E-state index contributed by atoms with van der Waals surface area (Å²) in [5.74, 6) is -1.40. The van der Waals surface area contributed by atoms with E-state index in [0.717, 1.165) is 44.2 Å². The lowest BCUT2D eigenvalue weighted by Crippen LogP contribution is -2.38. The van der Waals surface area contributed by atoms with E-state index < -0.39 is 17.7 Å². The third-order valence-corrected chi connectivity index (χ3v) is 6.12. The molecule has 3 rings (SSSR count). The molecule has 2 amide bonds. The number of benzene rings is 1. The van der Waals surface area contributed by atoms with Crippen LogP contribution in [0.3, 0.4) is 0 Å². The molecule has 1 aromatic carbocycles. The molecule has 0 bridgehead atoms. The van der Waals surface area contributed by atoms with Gasteiger partial charge in [0.25, 0.3) is 11.8 Å². The number of nitrogens with one attached hydrogen (secondary N) is 1. The highest BCUT2D eigenvalue weighted by Gasteiger charge is 2.31. The van der Waals surface area contributed by atoms with Gasteiger partial charge in [-0.25, -0.2) is 0 Å². The number of pyridine rings is 1. The molecule has 2 aromatic rings. The number of alkyl halides is 3. The van der Waals surface area contributed by atoms with Crippen molar-refractivity contribution in [2.45, 2.75) is 64.9 Å². The van der Waals surface area contributed by atoms with Gasteiger partial charge in [0.15, 0.2) is 0 Å². The van der Waals surface area contributed by atoms with Crippen molar-refractivity contribution in [1.29, 1.82) is 0 Å². The lowest BCUT2D eigenvalue weighted by Gasteiger charge is -2.22. The van der Waals surface area contributed by atoms with Crippen LogP contribution < -0.4 is 15.5 Å². The number of hydrogen-bond donors (Lipinski definition) is 1. The van der Waals surface area contributed by atoms with Crippen LogP contribution in [0.1, 0.15) is 78.3 Å². The summed E-state index contributed by atoms with van der Waals surface area (Å²) < 4.78 is 42.5. The van der Waals surface area contributed by atoms with Gasteiger partial charge in [-0.1, -0.05) is 31.9 Å². The average Bonchev–Trinajstić information content (AvgIpc) is 3.11. The first-order valence-corrected chi connectivity index (χ1v) is 11.8. The predicted octanol–water partition coefficient (Wildman–Crippen LogP) is 4.66. The van der Waals surface area contributed by atoms with Crippen LogP contribution in [0.15, 0.2) is 41.5 Å². The van der Waals surface area contributed by atoms with Crippen LogP contribution in [-0.4, -0.2) is 40.7 Å². The Labute approximate surface area is 201 Å². The Kier molecular flexibility index (Phi) is 8.58. The van der Waals surface area contributed by atoms with E-state index in [9.17, 15) is 27.6 Å². The van der Waals surface area contributed by atoms with E-state index in [1.807, 2.05) is 13.8 Å². The van der Waals surface area contributed by atoms with Gasteiger partial charge in [0.05, 0.1) is 0 Å². The van der Waals surface area contributed by atoms with E-state index in [-0.39, 0.29) is 35.4 Å². The molecule has 0 radical (unpaired) electrons. The van der Waals surface area contributed by atoms with E-state index in [2.05, 4.69) is 10.1 Å². The summed E-state index contributed by atoms with van der Waals surface area (Å²) in [5.41, 5.74) is -0.298. The summed E-state index contributed by atoms with van der Waals surface area (Å²) in [6, 6.07) is 5.02. The maximum atomic E-state index is 13.2. The second kappa shape index (κ2) is 11.4. The van der Waals surface area contributed by atoms with E-state index in [1.165, 1.54) is 24.5 Å². The summed E-state index contributed by atoms with van der Waals surface area (Å²) >= 11 is 0. The zero-order chi connectivity index (χ0) is 25.6. The molecule has 0 spiro atoms. The number of aromatic nitrogens is 1. The minimum absolute atomic E-state index is 0.0157. The van der Waals surface area contributed by atoms with E-state index in [4.69, 9.17) is 0 Å². The first kappa shape index (κ1) is 26.3. The van der Waals surface area contributed by atoms with Crippen LogP contribution in [0.5, 0.6) is 5.75 Å². The Bertz CT molecular complexity index is 1090. The fourth-order valence-electron chi connectivity index (χ4n) is 3.91. The number of nitrogens with zero attached hydrogens (tertiary/aromatic N) is 2. The fourth-order valence-corrected chi connectivity index (χ4v) is 3.91. The summed E-state index contributed by atoms with van der Waals surface area (Å²) in [7, 11) is 0. The molecular formula is C25H30F3N3O4. The van der Waals surface area contributed by atoms with Gasteiger partial charge in [-0.15, -0.1) is 13.2 Å². The van der Waals surface area contributed by atoms with Crippen LogP contribution >= 0.6 is 0 Å². The Hall–Kier alpha value is -3.30. The molecule has 7 nitrogen and oxygen atoms in total. The number of rotatable bonds is 7. The first-order valence-electron chi connectivity index (χ1n) is 11.8. The molecule has 2 heterocycles. The summed E-state index contributed by atoms with van der Waals surface area (Å²) in [4.78, 5) is 41.0. The van der Waals surface area contributed by atoms with Crippen LogP contribution in [0.4, 0.5) is 13.2 Å². The quantitative estimate of drug-likeness (QED) is 0.608. The summed E-state index contributed by atoms with van der Waals surface area (Å²) in [6.07, 6.45) is 2.73. The largest absolute Gasteiger partial charge is 0.573 e. The highest BCUT2D eigenvalue weighted by Crippen LogP contribution is 2.23. The van der Waals surface area contributed by atoms with E-state index in [1.54, 1.807) is 9.47 Å². The van der Waals surface area contributed by atoms with Crippen LogP contribution in [0.2, 0.25) is 0 Å². The fraction of sp³-hybridized carbons (Fsp3) is 0.480. The number of ether oxygens (including phenoxy) is 1. The van der Waals surface area contributed by atoms with Crippen molar-refractivity contribution in [1.82, 2.24) is 14.8 Å². The third kappa shape index (κ3) is 7.10. The summed E-state index contributed by atoms with van der Waals surface area (Å²) in [6.45, 7) is 5.03. The SMILES string of the molecule is CCC(C)n1cc(C(=O)NCc2ccc(OC(F)(F)F)cc2)c(=O)c(C(=O)N2CCCCCC2)c1. The van der Waals surface area contributed by atoms with E-state index >= 15 is 0 Å². The Morgan fingerprint density at radius 1 is 1.03 bits per heavy atom. The van der Waals surface area contributed by atoms with Crippen LogP contribution in [0, 0.1) is 0 Å². The smallest absolute Gasteiger partial charge is 0.406 e. The lowest BCUT2D eigenvalue weighted by atomic mass is 10.1. The molecule has 1 aliphatic heterocycles. The molecule has 0 aliphatic carbocycles. The van der Waals surface area contributed by atoms with Crippen LogP contribution in [-0.2, 0) is 6.54 Å². The highest BCUT2D eigenvalue weighted by atomic mass is 19.4. The molecule has 35 heavy (non-hydrogen) atoms. The summed E-state index contributed by atoms with van der Waals surface area (Å²) in [5, 5.41) is 2.62. The number of hydrogen-bond acceptors (Lipinski definition) is 4. The van der Waals surface area contributed by atoms with Crippen molar-refractivity contribution in [2.75, 3.05) is 13.1 Å². The number of carbonyl (C=O) groups is 2. The molecule has 190 valence electrons. The highest BCUT2D eigenvalue weighted by molar-refractivity contribution is 5.99. The monoisotopic (exact) mass is 493 g/mol. The second-order valence-electron chi connectivity index (χ2n) is 8.70. The minimum atomic E-state index is -4.79. The second-order valence-corrected chi connectivity index (χ2v) is 8.70. The van der Waals surface area contributed by atoms with Crippen molar-refractivity contribution >= 4 is 11.8 Å². The van der Waals surface area contributed by atoms with Crippen molar-refractivity contribution in [3.05, 3.63) is 63.6 Å². The Morgan fingerprint density at radius 3 is 2.20 bits per heavy atom. The average molecular weight is 494 g/mol. The maximum absolute atomic E-state index is 13.2. The lowest BCUT2D eigenvalue weighted by molar-refractivity contribution is -0.274. The molecule has 1 unspecified atom stereocenters. The number of halogens is 3. The van der Waals surface area contributed by atoms with Gasteiger partial charge in [0, 0.05) is 38.1 Å². The van der Waals surface area contributed by atoms with Gasteiger partial charge in [-0.3, -0.25) is 14.4 Å². The van der Waals surface area contributed by atoms with Crippen molar-refractivity contribution < 1.29 is 27.5 Å². The number of likely N-dealkylation sites (tertiary alicyclic amines) is 1. The van der Waals surface area contributed by atoms with Gasteiger partial charge in [-0.2, -0.15) is 0 Å². The molecule has 0 saturated carbocycles. The molecule has 10 heteroatoms. The maximum Gasteiger partial charge on any atom is 0.573 e. The first-order chi connectivity index (χ1) is 16.6.